The minimum atomic E-state index is -0.754. The van der Waals surface area contributed by atoms with Gasteiger partial charge >= 0.3 is 5.97 Å². The van der Waals surface area contributed by atoms with Gasteiger partial charge in [0, 0.05) is 13.7 Å². The van der Waals surface area contributed by atoms with Crippen LogP contribution in [0.5, 0.6) is 0 Å². The fraction of sp³-hybridized carbons (Fsp3) is 0.846. The number of nitrogens with one attached hydrogen (secondary N) is 1. The Bertz CT molecular complexity index is 295. The van der Waals surface area contributed by atoms with E-state index in [1.165, 1.54) is 0 Å². The Morgan fingerprint density at radius 3 is 2.68 bits per heavy atom. The second kappa shape index (κ2) is 8.87. The second-order valence-corrected chi connectivity index (χ2v) is 4.84. The maximum atomic E-state index is 11.5. The van der Waals surface area contributed by atoms with Gasteiger partial charge in [-0.1, -0.05) is 12.8 Å². The molecule has 0 spiro atoms. The third-order valence-corrected chi connectivity index (χ3v) is 3.45. The molecule has 6 heteroatoms. The van der Waals surface area contributed by atoms with Crippen molar-refractivity contribution in [1.29, 1.82) is 0 Å². The topological polar surface area (TPSA) is 84.9 Å². The van der Waals surface area contributed by atoms with Crippen LogP contribution in [0.3, 0.4) is 0 Å². The van der Waals surface area contributed by atoms with Gasteiger partial charge in [-0.2, -0.15) is 0 Å². The number of rotatable bonds is 8. The first-order valence-electron chi connectivity index (χ1n) is 6.71. The van der Waals surface area contributed by atoms with E-state index in [0.717, 1.165) is 19.3 Å². The minimum Gasteiger partial charge on any atom is -0.481 e. The molecule has 0 aromatic carbocycles. The first-order chi connectivity index (χ1) is 9.15. The summed E-state index contributed by atoms with van der Waals surface area (Å²) < 4.78 is 9.89. The molecule has 0 bridgehead atoms. The number of hydrogen-bond acceptors (Lipinski definition) is 4. The summed E-state index contributed by atoms with van der Waals surface area (Å²) in [5, 5.41) is 11.9. The summed E-state index contributed by atoms with van der Waals surface area (Å²) in [6.45, 7) is 1.25. The molecular weight excluding hydrogens is 250 g/mol. The van der Waals surface area contributed by atoms with Crippen molar-refractivity contribution in [3.8, 4) is 0 Å². The highest BCUT2D eigenvalue weighted by molar-refractivity contribution is 5.77. The minimum absolute atomic E-state index is 0.00613. The van der Waals surface area contributed by atoms with Gasteiger partial charge in [0.1, 0.15) is 6.61 Å². The molecule has 2 unspecified atom stereocenters. The van der Waals surface area contributed by atoms with Gasteiger partial charge in [0.25, 0.3) is 0 Å². The van der Waals surface area contributed by atoms with Crippen LogP contribution in [0, 0.1) is 11.8 Å². The quantitative estimate of drug-likeness (QED) is 0.634. The van der Waals surface area contributed by atoms with Crippen LogP contribution in [0.15, 0.2) is 0 Å². The molecule has 19 heavy (non-hydrogen) atoms. The van der Waals surface area contributed by atoms with E-state index in [-0.39, 0.29) is 24.3 Å². The molecule has 0 aromatic heterocycles. The zero-order valence-electron chi connectivity index (χ0n) is 11.4. The number of ether oxygens (including phenoxy) is 2. The summed E-state index contributed by atoms with van der Waals surface area (Å²) in [5.41, 5.74) is 0. The number of methoxy groups -OCH3 is 1. The van der Waals surface area contributed by atoms with Gasteiger partial charge in [-0.25, -0.2) is 0 Å². The van der Waals surface area contributed by atoms with Crippen LogP contribution in [0.25, 0.3) is 0 Å². The summed E-state index contributed by atoms with van der Waals surface area (Å²) in [4.78, 5) is 22.6. The molecule has 2 atom stereocenters. The molecule has 0 radical (unpaired) electrons. The fourth-order valence-electron chi connectivity index (χ4n) is 2.38. The zero-order chi connectivity index (χ0) is 14.1. The van der Waals surface area contributed by atoms with E-state index in [1.54, 1.807) is 7.11 Å². The Morgan fingerprint density at radius 1 is 1.26 bits per heavy atom. The molecule has 1 aliphatic rings. The van der Waals surface area contributed by atoms with Crippen LogP contribution in [0.2, 0.25) is 0 Å². The van der Waals surface area contributed by atoms with Gasteiger partial charge in [-0.3, -0.25) is 9.59 Å². The number of carboxylic acids is 1. The second-order valence-electron chi connectivity index (χ2n) is 4.84. The van der Waals surface area contributed by atoms with E-state index in [0.29, 0.717) is 26.2 Å². The molecule has 1 amide bonds. The molecule has 2 N–H and O–H groups in total. The highest BCUT2D eigenvalue weighted by atomic mass is 16.5. The fourth-order valence-corrected chi connectivity index (χ4v) is 2.38. The molecule has 110 valence electrons. The third kappa shape index (κ3) is 6.02. The Hall–Kier alpha value is -1.14. The van der Waals surface area contributed by atoms with E-state index >= 15 is 0 Å². The largest absolute Gasteiger partial charge is 0.481 e. The van der Waals surface area contributed by atoms with Crippen LogP contribution < -0.4 is 5.32 Å². The van der Waals surface area contributed by atoms with Crippen molar-refractivity contribution >= 4 is 11.9 Å². The first-order valence-corrected chi connectivity index (χ1v) is 6.71. The van der Waals surface area contributed by atoms with Gasteiger partial charge in [0.15, 0.2) is 0 Å². The van der Waals surface area contributed by atoms with Crippen LogP contribution >= 0.6 is 0 Å². The Labute approximate surface area is 113 Å². The SMILES string of the molecule is COCCOCC(=O)NCC1CCCCC1C(=O)O. The van der Waals surface area contributed by atoms with Crippen molar-refractivity contribution in [3.63, 3.8) is 0 Å². The van der Waals surface area contributed by atoms with E-state index in [9.17, 15) is 9.59 Å². The van der Waals surface area contributed by atoms with E-state index in [2.05, 4.69) is 5.32 Å². The highest BCUT2D eigenvalue weighted by Crippen LogP contribution is 2.29. The lowest BCUT2D eigenvalue weighted by Gasteiger charge is -2.28. The molecule has 1 fully saturated rings. The molecule has 1 rings (SSSR count). The monoisotopic (exact) mass is 273 g/mol. The van der Waals surface area contributed by atoms with Gasteiger partial charge in [0.05, 0.1) is 19.1 Å². The van der Waals surface area contributed by atoms with Crippen LogP contribution in [0.4, 0.5) is 0 Å². The van der Waals surface area contributed by atoms with Gasteiger partial charge < -0.3 is 19.9 Å². The van der Waals surface area contributed by atoms with Crippen molar-refractivity contribution in [2.75, 3.05) is 33.5 Å². The standard InChI is InChI=1S/C13H23NO5/c1-18-6-7-19-9-12(15)14-8-10-4-2-3-5-11(10)13(16)17/h10-11H,2-9H2,1H3,(H,14,15)(H,16,17). The molecule has 1 saturated carbocycles. The molecule has 6 nitrogen and oxygen atoms in total. The zero-order valence-corrected chi connectivity index (χ0v) is 11.4. The molecule has 0 heterocycles. The van der Waals surface area contributed by atoms with Crippen molar-refractivity contribution < 1.29 is 24.2 Å². The molecule has 0 saturated heterocycles. The number of hydrogen-bond donors (Lipinski definition) is 2. The summed E-state index contributed by atoms with van der Waals surface area (Å²) in [6.07, 6.45) is 3.57. The smallest absolute Gasteiger partial charge is 0.306 e. The number of carbonyl (C=O) groups is 2. The highest BCUT2D eigenvalue weighted by Gasteiger charge is 2.30. The summed E-state index contributed by atoms with van der Waals surface area (Å²) in [5.74, 6) is -1.25. The Kier molecular flexibility index (Phi) is 7.43. The summed E-state index contributed by atoms with van der Waals surface area (Å²) >= 11 is 0. The predicted octanol–water partition coefficient (Wildman–Crippen LogP) is 0.657. The lowest BCUT2D eigenvalue weighted by Crippen LogP contribution is -2.38. The summed E-state index contributed by atoms with van der Waals surface area (Å²) in [7, 11) is 1.57. The number of amides is 1. The average molecular weight is 273 g/mol. The predicted molar refractivity (Wildman–Crippen MR) is 68.8 cm³/mol. The van der Waals surface area contributed by atoms with Crippen LogP contribution in [-0.2, 0) is 19.1 Å². The van der Waals surface area contributed by atoms with Crippen molar-refractivity contribution in [2.24, 2.45) is 11.8 Å². The first kappa shape index (κ1) is 15.9. The lowest BCUT2D eigenvalue weighted by atomic mass is 9.79. The number of aliphatic carboxylic acids is 1. The number of carboxylic acid groups (broad SMARTS) is 1. The average Bonchev–Trinajstić information content (AvgIpc) is 2.41. The van der Waals surface area contributed by atoms with Crippen LogP contribution in [0.1, 0.15) is 25.7 Å². The third-order valence-electron chi connectivity index (χ3n) is 3.45. The van der Waals surface area contributed by atoms with Crippen LogP contribution in [-0.4, -0.2) is 50.5 Å². The maximum absolute atomic E-state index is 11.5. The molecule has 1 aliphatic carbocycles. The van der Waals surface area contributed by atoms with E-state index < -0.39 is 5.97 Å². The molecule has 0 aliphatic heterocycles. The maximum Gasteiger partial charge on any atom is 0.306 e. The summed E-state index contributed by atoms with van der Waals surface area (Å²) in [6, 6.07) is 0. The van der Waals surface area contributed by atoms with E-state index in [4.69, 9.17) is 14.6 Å². The molecular formula is C13H23NO5. The normalized spacial score (nSPS) is 23.0. The van der Waals surface area contributed by atoms with Gasteiger partial charge in [-0.15, -0.1) is 0 Å². The molecule has 0 aromatic rings. The van der Waals surface area contributed by atoms with Gasteiger partial charge in [-0.05, 0) is 18.8 Å². The van der Waals surface area contributed by atoms with Crippen molar-refractivity contribution in [1.82, 2.24) is 5.32 Å². The Balaban J connectivity index is 2.22. The van der Waals surface area contributed by atoms with Gasteiger partial charge in [0.2, 0.25) is 5.91 Å². The van der Waals surface area contributed by atoms with Crippen molar-refractivity contribution in [2.45, 2.75) is 25.7 Å². The number of carbonyl (C=O) groups excluding carboxylic acids is 1. The van der Waals surface area contributed by atoms with Crippen molar-refractivity contribution in [3.05, 3.63) is 0 Å². The Morgan fingerprint density at radius 2 is 2.00 bits per heavy atom. The lowest BCUT2D eigenvalue weighted by molar-refractivity contribution is -0.145. The van der Waals surface area contributed by atoms with E-state index in [1.807, 2.05) is 0 Å².